The maximum Gasteiger partial charge on any atom is 0.193 e. The van der Waals surface area contributed by atoms with Crippen molar-refractivity contribution in [1.29, 1.82) is 0 Å². The summed E-state index contributed by atoms with van der Waals surface area (Å²) in [5, 5.41) is 5.04. The van der Waals surface area contributed by atoms with Crippen molar-refractivity contribution in [1.82, 2.24) is 0 Å². The third-order valence-corrected chi connectivity index (χ3v) is 12.3. The fourth-order valence-electron chi connectivity index (χ4n) is 9.45. The first-order valence-electron chi connectivity index (χ1n) is 18.8. The van der Waals surface area contributed by atoms with Gasteiger partial charge in [0.25, 0.3) is 0 Å². The van der Waals surface area contributed by atoms with E-state index in [1.807, 2.05) is 6.07 Å². The Balaban J connectivity index is 1.32. The van der Waals surface area contributed by atoms with Gasteiger partial charge in [-0.15, -0.1) is 21.9 Å². The van der Waals surface area contributed by atoms with E-state index < -0.39 is 11.6 Å². The molecule has 10 rings (SSSR count). The SMILES string of the molecule is [B]C1=c2c(C3=CC=C4C=C(C5=CC=CCC5)C=CC4C3)c3c([B])c([B])c([B])c([B])c3c(-c3cccc4c3-c3cc5ccccc5cc3[B]4)c2=C([B])C([B])C1[B]. The summed E-state index contributed by atoms with van der Waals surface area (Å²) in [6, 6.07) is 19.1. The third-order valence-electron chi connectivity index (χ3n) is 12.3. The van der Waals surface area contributed by atoms with Gasteiger partial charge in [-0.05, 0) is 107 Å². The van der Waals surface area contributed by atoms with Gasteiger partial charge in [-0.1, -0.05) is 131 Å². The summed E-state index contributed by atoms with van der Waals surface area (Å²) >= 11 is 0. The van der Waals surface area contributed by atoms with Gasteiger partial charge in [0.1, 0.15) is 47.1 Å². The van der Waals surface area contributed by atoms with Crippen LogP contribution in [0.4, 0.5) is 0 Å². The molecule has 5 aliphatic rings. The highest BCUT2D eigenvalue weighted by atomic mass is 14.3. The van der Waals surface area contributed by atoms with E-state index in [0.29, 0.717) is 49.5 Å². The molecule has 0 nitrogen and oxygen atoms in total. The van der Waals surface area contributed by atoms with Crippen molar-refractivity contribution in [3.05, 3.63) is 136 Å². The van der Waals surface area contributed by atoms with E-state index in [0.717, 1.165) is 62.5 Å². The van der Waals surface area contributed by atoms with Gasteiger partial charge < -0.3 is 0 Å². The van der Waals surface area contributed by atoms with Crippen LogP contribution in [0, 0.1) is 5.92 Å². The van der Waals surface area contributed by atoms with E-state index in [2.05, 4.69) is 104 Å². The second-order valence-electron chi connectivity index (χ2n) is 15.4. The maximum atomic E-state index is 7.18. The Labute approximate surface area is 334 Å². The summed E-state index contributed by atoms with van der Waals surface area (Å²) in [5.74, 6) is -1.36. The molecule has 3 atom stereocenters. The maximum absolute atomic E-state index is 7.18. The number of rotatable bonds is 3. The first-order chi connectivity index (χ1) is 26.6. The monoisotopic (exact) mass is 677 g/mol. The minimum atomic E-state index is -0.749. The van der Waals surface area contributed by atoms with E-state index in [9.17, 15) is 0 Å². The molecule has 3 unspecified atom stereocenters. The molecule has 0 bridgehead atoms. The zero-order valence-corrected chi connectivity index (χ0v) is 30.4. The van der Waals surface area contributed by atoms with E-state index >= 15 is 0 Å². The zero-order valence-electron chi connectivity index (χ0n) is 30.4. The van der Waals surface area contributed by atoms with Crippen LogP contribution in [0.15, 0.2) is 120 Å². The van der Waals surface area contributed by atoms with E-state index in [4.69, 9.17) is 62.8 Å². The van der Waals surface area contributed by atoms with Crippen LogP contribution < -0.4 is 43.2 Å². The number of fused-ring (bicyclic) bond motifs is 7. The van der Waals surface area contributed by atoms with Gasteiger partial charge in [-0.2, -0.15) is 0 Å². The second-order valence-corrected chi connectivity index (χ2v) is 15.4. The summed E-state index contributed by atoms with van der Waals surface area (Å²) in [5.41, 5.74) is 13.6. The molecule has 55 heavy (non-hydrogen) atoms. The molecule has 0 spiro atoms. The molecule has 4 aliphatic carbocycles. The molecule has 1 aliphatic heterocycles. The second kappa shape index (κ2) is 13.0. The fraction of sp³-hybridized carbons (Fsp3) is 0.130. The molecule has 0 N–H and O–H groups in total. The van der Waals surface area contributed by atoms with Crippen molar-refractivity contribution in [2.45, 2.75) is 30.9 Å². The van der Waals surface area contributed by atoms with E-state index in [-0.39, 0.29) is 16.8 Å². The zero-order chi connectivity index (χ0) is 37.9. The molecule has 9 heteroatoms. The number of allylic oxidation sites excluding steroid dienone is 12. The van der Waals surface area contributed by atoms with Crippen LogP contribution in [0.2, 0.25) is 11.6 Å². The normalized spacial score (nSPS) is 20.9. The quantitative estimate of drug-likeness (QED) is 0.252. The van der Waals surface area contributed by atoms with Crippen LogP contribution >= 0.6 is 0 Å². The molecule has 237 valence electrons. The van der Waals surface area contributed by atoms with Gasteiger partial charge in [0.05, 0.1) is 15.7 Å². The van der Waals surface area contributed by atoms with Crippen LogP contribution in [-0.4, -0.2) is 70.0 Å². The predicted molar refractivity (Wildman–Crippen MR) is 243 cm³/mol. The van der Waals surface area contributed by atoms with E-state index in [1.165, 1.54) is 22.1 Å². The molecule has 1 heterocycles. The Morgan fingerprint density at radius 1 is 0.618 bits per heavy atom. The smallest absolute Gasteiger partial charge is 0.115 e. The third kappa shape index (κ3) is 5.17. The van der Waals surface area contributed by atoms with Gasteiger partial charge >= 0.3 is 0 Å². The topological polar surface area (TPSA) is 0 Å². The summed E-state index contributed by atoms with van der Waals surface area (Å²) in [4.78, 5) is 0. The molecule has 0 fully saturated rings. The lowest BCUT2D eigenvalue weighted by Crippen LogP contribution is -2.51. The molecular formula is C46H26B9. The Bertz CT molecular complexity index is 2920. The van der Waals surface area contributed by atoms with Crippen LogP contribution in [-0.2, 0) is 0 Å². The highest BCUT2D eigenvalue weighted by Gasteiger charge is 2.32. The lowest BCUT2D eigenvalue weighted by Gasteiger charge is -2.34. The van der Waals surface area contributed by atoms with Crippen LogP contribution in [0.5, 0.6) is 0 Å². The lowest BCUT2D eigenvalue weighted by atomic mass is 9.50. The van der Waals surface area contributed by atoms with Gasteiger partial charge in [-0.3, -0.25) is 0 Å². The minimum absolute atomic E-state index is 0.125. The van der Waals surface area contributed by atoms with Gasteiger partial charge in [0, 0.05) is 5.92 Å². The average molecular weight is 676 g/mol. The molecule has 0 saturated carbocycles. The van der Waals surface area contributed by atoms with Crippen LogP contribution in [0.25, 0.3) is 60.3 Å². The van der Waals surface area contributed by atoms with Gasteiger partial charge in [-0.25, -0.2) is 0 Å². The Morgan fingerprint density at radius 3 is 2.02 bits per heavy atom. The molecular weight excluding hydrogens is 650 g/mol. The Kier molecular flexibility index (Phi) is 8.22. The molecule has 0 saturated heterocycles. The highest BCUT2D eigenvalue weighted by molar-refractivity contribution is 6.74. The first-order valence-corrected chi connectivity index (χ1v) is 18.8. The highest BCUT2D eigenvalue weighted by Crippen LogP contribution is 2.42. The van der Waals surface area contributed by atoms with Crippen molar-refractivity contribution >= 4 is 141 Å². The van der Waals surface area contributed by atoms with Crippen molar-refractivity contribution < 1.29 is 0 Å². The first kappa shape index (κ1) is 34.8. The minimum Gasteiger partial charge on any atom is -0.115 e. The number of benzene rings is 5. The summed E-state index contributed by atoms with van der Waals surface area (Å²) in [7, 11) is 57.9. The number of hydrogen-bond donors (Lipinski definition) is 0. The average Bonchev–Trinajstić information content (AvgIpc) is 3.59. The Hall–Kier alpha value is -4.62. The van der Waals surface area contributed by atoms with Crippen molar-refractivity contribution in [2.24, 2.45) is 5.92 Å². The lowest BCUT2D eigenvalue weighted by molar-refractivity contribution is 0.787. The van der Waals surface area contributed by atoms with Crippen molar-refractivity contribution in [2.75, 3.05) is 0 Å². The van der Waals surface area contributed by atoms with Crippen LogP contribution in [0.1, 0.15) is 24.8 Å². The molecule has 17 radical (unpaired) electrons. The predicted octanol–water partition coefficient (Wildman–Crippen LogP) is 2.05. The molecule has 5 aromatic rings. The number of hydrogen-bond acceptors (Lipinski definition) is 0. The summed E-state index contributed by atoms with van der Waals surface area (Å²) in [6.07, 6.45) is 20.5. The molecule has 0 amide bonds. The standard InChI is InChI=1S/C46H26B9/c47-39-35-32(27-16-15-25-17-24(13-14-26(25)18-27)21-7-2-1-3-8-21)36-38(42(50)46(54)44(52)40(36)48)34(37(35)41(49)45(53)43(39)51)28-11-6-12-30-33(28)29-19-22-9-4-5-10-23(22)20-31(29)55-30/h1-2,4-7,9-17,19-20,26,43,45H,3,8,18H2. The largest absolute Gasteiger partial charge is 0.193 e. The van der Waals surface area contributed by atoms with Gasteiger partial charge in [0.2, 0.25) is 0 Å². The van der Waals surface area contributed by atoms with E-state index in [1.54, 1.807) is 0 Å². The van der Waals surface area contributed by atoms with Gasteiger partial charge in [0.15, 0.2) is 7.28 Å². The summed E-state index contributed by atoms with van der Waals surface area (Å²) < 4.78 is 0. The fourth-order valence-corrected chi connectivity index (χ4v) is 9.45. The van der Waals surface area contributed by atoms with Crippen molar-refractivity contribution in [3.63, 3.8) is 0 Å². The molecule has 5 aromatic carbocycles. The van der Waals surface area contributed by atoms with Crippen molar-refractivity contribution in [3.8, 4) is 22.3 Å². The van der Waals surface area contributed by atoms with Crippen LogP contribution in [0.3, 0.4) is 0 Å². The Morgan fingerprint density at radius 2 is 1.31 bits per heavy atom. The summed E-state index contributed by atoms with van der Waals surface area (Å²) in [6.45, 7) is 0. The molecule has 0 aromatic heterocycles.